The molecule has 1 aliphatic heterocycles. The highest BCUT2D eigenvalue weighted by Crippen LogP contribution is 2.36. The molecule has 1 saturated heterocycles. The van der Waals surface area contributed by atoms with Crippen LogP contribution in [0, 0.1) is 5.92 Å². The highest BCUT2D eigenvalue weighted by molar-refractivity contribution is 6.35. The third-order valence-corrected chi connectivity index (χ3v) is 6.01. The molecule has 3 rings (SSSR count). The van der Waals surface area contributed by atoms with Gasteiger partial charge in [0, 0.05) is 19.1 Å². The maximum absolute atomic E-state index is 13.1. The van der Waals surface area contributed by atoms with Crippen LogP contribution in [-0.4, -0.2) is 35.8 Å². The molecule has 2 amide bonds. The van der Waals surface area contributed by atoms with Gasteiger partial charge < -0.3 is 10.2 Å². The van der Waals surface area contributed by atoms with Gasteiger partial charge in [-0.25, -0.2) is 0 Å². The summed E-state index contributed by atoms with van der Waals surface area (Å²) >= 11 is 0. The van der Waals surface area contributed by atoms with Crippen molar-refractivity contribution in [2.45, 2.75) is 63.3 Å². The van der Waals surface area contributed by atoms with Gasteiger partial charge in [0.25, 0.3) is 0 Å². The number of benzene rings is 1. The summed E-state index contributed by atoms with van der Waals surface area (Å²) in [6, 6.07) is 1.09. The molecule has 0 aromatic heterocycles. The summed E-state index contributed by atoms with van der Waals surface area (Å²) in [6.07, 6.45) is -4.08. The van der Waals surface area contributed by atoms with E-state index in [4.69, 9.17) is 0 Å². The summed E-state index contributed by atoms with van der Waals surface area (Å²) in [4.78, 5) is 25.5. The van der Waals surface area contributed by atoms with Crippen LogP contribution in [0.15, 0.2) is 18.2 Å². The highest BCUT2D eigenvalue weighted by Gasteiger charge is 2.38. The summed E-state index contributed by atoms with van der Waals surface area (Å²) in [5, 5.41) is 2.53. The molecule has 2 aliphatic rings. The van der Waals surface area contributed by atoms with Crippen molar-refractivity contribution in [3.8, 4) is 0 Å². The molecule has 31 heavy (non-hydrogen) atoms. The molecule has 1 atom stereocenters. The Kier molecular flexibility index (Phi) is 6.85. The fourth-order valence-corrected chi connectivity index (χ4v) is 4.41. The number of hydrogen-bond acceptors (Lipinski definition) is 2. The van der Waals surface area contributed by atoms with Gasteiger partial charge >= 0.3 is 24.2 Å². The molecule has 0 unspecified atom stereocenters. The van der Waals surface area contributed by atoms with E-state index in [-0.39, 0.29) is 37.2 Å². The van der Waals surface area contributed by atoms with Gasteiger partial charge in [-0.3, -0.25) is 9.59 Å². The summed E-state index contributed by atoms with van der Waals surface area (Å²) in [5.41, 5.74) is -2.96. The number of halogens is 6. The van der Waals surface area contributed by atoms with Crippen LogP contribution in [0.25, 0.3) is 0 Å². The van der Waals surface area contributed by atoms with Gasteiger partial charge in [0.05, 0.1) is 11.1 Å². The Morgan fingerprint density at radius 2 is 1.48 bits per heavy atom. The van der Waals surface area contributed by atoms with E-state index >= 15 is 0 Å². The van der Waals surface area contributed by atoms with Gasteiger partial charge in [0.1, 0.15) is 0 Å². The number of nitrogens with one attached hydrogen (secondary N) is 1. The first-order valence-corrected chi connectivity index (χ1v) is 10.3. The predicted molar refractivity (Wildman–Crippen MR) is 99.9 cm³/mol. The molecule has 1 aliphatic carbocycles. The Balaban J connectivity index is 1.78. The normalized spacial score (nSPS) is 21.4. The van der Waals surface area contributed by atoms with Crippen LogP contribution in [0.4, 0.5) is 26.3 Å². The van der Waals surface area contributed by atoms with Gasteiger partial charge in [0.15, 0.2) is 0 Å². The van der Waals surface area contributed by atoms with Gasteiger partial charge in [-0.15, -0.1) is 0 Å². The van der Waals surface area contributed by atoms with E-state index in [9.17, 15) is 35.9 Å². The molecule has 1 N–H and O–H groups in total. The van der Waals surface area contributed by atoms with E-state index in [1.165, 1.54) is 4.90 Å². The Morgan fingerprint density at radius 3 is 2.03 bits per heavy atom. The van der Waals surface area contributed by atoms with Crippen molar-refractivity contribution in [1.82, 2.24) is 10.2 Å². The number of alkyl halides is 6. The number of piperazine rings is 1. The van der Waals surface area contributed by atoms with Crippen molar-refractivity contribution in [2.24, 2.45) is 5.92 Å². The Hall–Kier alpha value is -2.26. The molecular weight excluding hydrogens is 426 g/mol. The van der Waals surface area contributed by atoms with E-state index in [0.29, 0.717) is 24.5 Å². The average molecular weight is 450 g/mol. The zero-order valence-electron chi connectivity index (χ0n) is 16.8. The summed E-state index contributed by atoms with van der Waals surface area (Å²) in [5.74, 6) is -1.22. The second-order valence-corrected chi connectivity index (χ2v) is 8.27. The molecule has 10 heteroatoms. The smallest absolute Gasteiger partial charge is 0.346 e. The largest absolute Gasteiger partial charge is 0.416 e. The minimum absolute atomic E-state index is 0.0782. The lowest BCUT2D eigenvalue weighted by molar-refractivity contribution is -0.151. The van der Waals surface area contributed by atoms with Crippen LogP contribution < -0.4 is 5.32 Å². The highest BCUT2D eigenvalue weighted by atomic mass is 19.4. The molecule has 1 heterocycles. The summed E-state index contributed by atoms with van der Waals surface area (Å²) < 4.78 is 78.5. The van der Waals surface area contributed by atoms with Crippen molar-refractivity contribution in [2.75, 3.05) is 13.1 Å². The Morgan fingerprint density at radius 1 is 0.903 bits per heavy atom. The fraction of sp³-hybridized carbons (Fsp3) is 0.619. The predicted octanol–water partition coefficient (Wildman–Crippen LogP) is 4.56. The molecular formula is C21H24F6N2O2. The lowest BCUT2D eigenvalue weighted by Gasteiger charge is -2.38. The zero-order valence-corrected chi connectivity index (χ0v) is 16.8. The van der Waals surface area contributed by atoms with E-state index < -0.39 is 35.3 Å². The van der Waals surface area contributed by atoms with Gasteiger partial charge in [-0.1, -0.05) is 32.1 Å². The lowest BCUT2D eigenvalue weighted by atomic mass is 9.84. The van der Waals surface area contributed by atoms with Crippen molar-refractivity contribution in [3.63, 3.8) is 0 Å². The molecule has 0 spiro atoms. The van der Waals surface area contributed by atoms with E-state index in [1.54, 1.807) is 0 Å². The van der Waals surface area contributed by atoms with Gasteiger partial charge in [-0.2, -0.15) is 26.3 Å². The van der Waals surface area contributed by atoms with Crippen LogP contribution in [0.5, 0.6) is 0 Å². The van der Waals surface area contributed by atoms with Crippen molar-refractivity contribution in [3.05, 3.63) is 34.9 Å². The monoisotopic (exact) mass is 450 g/mol. The van der Waals surface area contributed by atoms with Crippen LogP contribution in [0.1, 0.15) is 55.2 Å². The van der Waals surface area contributed by atoms with E-state index in [1.807, 2.05) is 0 Å². The van der Waals surface area contributed by atoms with Crippen LogP contribution in [0.3, 0.4) is 0 Å². The van der Waals surface area contributed by atoms with E-state index in [0.717, 1.165) is 32.1 Å². The molecule has 172 valence electrons. The number of carbonyl (C=O) groups is 2. The average Bonchev–Trinajstić information content (AvgIpc) is 2.70. The van der Waals surface area contributed by atoms with Gasteiger partial charge in [-0.05, 0) is 42.5 Å². The Labute approximate surface area is 176 Å². The minimum atomic E-state index is -4.93. The number of carbonyl (C=O) groups excluding carboxylic acids is 2. The maximum atomic E-state index is 13.1. The summed E-state index contributed by atoms with van der Waals surface area (Å²) in [6.45, 7) is 0.111. The topological polar surface area (TPSA) is 49.4 Å². The quantitative estimate of drug-likeness (QED) is 0.528. The SMILES string of the molecule is O=C1NC[C@H](CC2CCCCC2)N(CCc2cc(C(F)(F)F)cc(C(F)(F)F)c2)C1=O. The molecule has 1 aromatic rings. The van der Waals surface area contributed by atoms with Crippen molar-refractivity contribution in [1.29, 1.82) is 0 Å². The van der Waals surface area contributed by atoms with Crippen LogP contribution in [-0.2, 0) is 28.4 Å². The molecule has 0 bridgehead atoms. The maximum Gasteiger partial charge on any atom is 0.416 e. The molecule has 0 radical (unpaired) electrons. The molecule has 1 saturated carbocycles. The van der Waals surface area contributed by atoms with Crippen LogP contribution in [0.2, 0.25) is 0 Å². The standard InChI is InChI=1S/C21H24F6N2O2/c22-20(23,24)15-8-14(9-16(11-15)21(25,26)27)6-7-29-17(12-28-18(30)19(29)31)10-13-4-2-1-3-5-13/h8-9,11,13,17H,1-7,10,12H2,(H,28,30)/t17-/m0/s1. The number of rotatable bonds is 5. The number of nitrogens with zero attached hydrogens (tertiary/aromatic N) is 1. The zero-order chi connectivity index (χ0) is 22.8. The van der Waals surface area contributed by atoms with Crippen LogP contribution >= 0.6 is 0 Å². The molecule has 1 aromatic carbocycles. The van der Waals surface area contributed by atoms with E-state index in [2.05, 4.69) is 5.32 Å². The first-order chi connectivity index (χ1) is 14.4. The third kappa shape index (κ3) is 5.92. The minimum Gasteiger partial charge on any atom is -0.346 e. The van der Waals surface area contributed by atoms with Crippen molar-refractivity contribution >= 4 is 11.8 Å². The second kappa shape index (κ2) is 9.08. The fourth-order valence-electron chi connectivity index (χ4n) is 4.41. The first-order valence-electron chi connectivity index (χ1n) is 10.3. The van der Waals surface area contributed by atoms with Gasteiger partial charge in [0.2, 0.25) is 0 Å². The van der Waals surface area contributed by atoms with Crippen molar-refractivity contribution < 1.29 is 35.9 Å². The molecule has 4 nitrogen and oxygen atoms in total. The Bertz CT molecular complexity index is 783. The third-order valence-electron chi connectivity index (χ3n) is 6.01. The summed E-state index contributed by atoms with van der Waals surface area (Å²) in [7, 11) is 0. The molecule has 2 fully saturated rings. The second-order valence-electron chi connectivity index (χ2n) is 8.27. The number of amides is 2. The lowest BCUT2D eigenvalue weighted by Crippen LogP contribution is -2.58. The number of hydrogen-bond donors (Lipinski definition) is 1. The first kappa shape index (κ1) is 23.4.